The van der Waals surface area contributed by atoms with Gasteiger partial charge in [0.15, 0.2) is 10.9 Å². The van der Waals surface area contributed by atoms with Gasteiger partial charge in [0.05, 0.1) is 17.0 Å². The predicted molar refractivity (Wildman–Crippen MR) is 84.6 cm³/mol. The lowest BCUT2D eigenvalue weighted by molar-refractivity contribution is 0.0927. The Kier molecular flexibility index (Phi) is 4.64. The molecule has 8 heteroatoms. The van der Waals surface area contributed by atoms with E-state index in [1.54, 1.807) is 24.3 Å². The van der Waals surface area contributed by atoms with E-state index in [1.165, 1.54) is 17.3 Å². The maximum atomic E-state index is 12.0. The van der Waals surface area contributed by atoms with E-state index in [0.29, 0.717) is 10.7 Å². The molecule has 0 saturated heterocycles. The number of hydrogen-bond donors (Lipinski definition) is 2. The van der Waals surface area contributed by atoms with Crippen molar-refractivity contribution in [3.63, 3.8) is 0 Å². The van der Waals surface area contributed by atoms with Crippen LogP contribution < -0.4 is 16.2 Å². The number of furan rings is 1. The molecule has 1 heterocycles. The lowest BCUT2D eigenvalue weighted by Crippen LogP contribution is -2.49. The normalized spacial score (nSPS) is 10.1. The highest BCUT2D eigenvalue weighted by molar-refractivity contribution is 9.10. The summed E-state index contributed by atoms with van der Waals surface area (Å²) in [7, 11) is 0. The van der Waals surface area contributed by atoms with Crippen LogP contribution in [0.2, 0.25) is 5.02 Å². The average Bonchev–Trinajstić information content (AvgIpc) is 2.90. The minimum atomic E-state index is -0.484. The van der Waals surface area contributed by atoms with Crippen molar-refractivity contribution in [2.24, 2.45) is 5.73 Å². The SMILES string of the molecule is NC(=S)N(NC(=O)c1ccco1)c1ccc(Br)cc1Cl. The molecular formula is C12H9BrClN3O2S. The Labute approximate surface area is 133 Å². The van der Waals surface area contributed by atoms with Crippen molar-refractivity contribution in [2.75, 3.05) is 5.01 Å². The van der Waals surface area contributed by atoms with E-state index in [2.05, 4.69) is 21.4 Å². The Morgan fingerprint density at radius 3 is 2.75 bits per heavy atom. The summed E-state index contributed by atoms with van der Waals surface area (Å²) in [6, 6.07) is 8.23. The highest BCUT2D eigenvalue weighted by atomic mass is 79.9. The second kappa shape index (κ2) is 6.25. The molecule has 0 atom stereocenters. The van der Waals surface area contributed by atoms with Gasteiger partial charge in [-0.3, -0.25) is 10.2 Å². The first-order chi connectivity index (χ1) is 9.49. The standard InChI is InChI=1S/C12H9BrClN3O2S/c13-7-3-4-9(8(14)6-7)17(12(15)20)16-11(18)10-2-1-5-19-10/h1-6H,(H2,15,20)(H,16,18). The van der Waals surface area contributed by atoms with Crippen LogP contribution in [0.3, 0.4) is 0 Å². The Morgan fingerprint density at radius 2 is 2.20 bits per heavy atom. The number of nitrogens with zero attached hydrogens (tertiary/aromatic N) is 1. The van der Waals surface area contributed by atoms with Crippen LogP contribution in [-0.2, 0) is 0 Å². The summed E-state index contributed by atoms with van der Waals surface area (Å²) < 4.78 is 5.80. The van der Waals surface area contributed by atoms with E-state index in [9.17, 15) is 4.79 Å². The summed E-state index contributed by atoms with van der Waals surface area (Å²) in [5.41, 5.74) is 8.61. The second-order valence-electron chi connectivity index (χ2n) is 3.69. The zero-order chi connectivity index (χ0) is 14.7. The van der Waals surface area contributed by atoms with Gasteiger partial charge in [-0.2, -0.15) is 0 Å². The largest absolute Gasteiger partial charge is 0.459 e. The van der Waals surface area contributed by atoms with Crippen LogP contribution in [0.1, 0.15) is 10.6 Å². The lowest BCUT2D eigenvalue weighted by Gasteiger charge is -2.23. The van der Waals surface area contributed by atoms with Crippen LogP contribution in [0.15, 0.2) is 45.5 Å². The molecule has 20 heavy (non-hydrogen) atoms. The van der Waals surface area contributed by atoms with Crippen molar-refractivity contribution in [1.29, 1.82) is 0 Å². The van der Waals surface area contributed by atoms with E-state index in [1.807, 2.05) is 0 Å². The lowest BCUT2D eigenvalue weighted by atomic mass is 10.3. The van der Waals surface area contributed by atoms with E-state index >= 15 is 0 Å². The third-order valence-electron chi connectivity index (χ3n) is 2.33. The quantitative estimate of drug-likeness (QED) is 0.624. The predicted octanol–water partition coefficient (Wildman–Crippen LogP) is 3.09. The fourth-order valence-corrected chi connectivity index (χ4v) is 2.36. The monoisotopic (exact) mass is 373 g/mol. The molecule has 0 bridgehead atoms. The molecule has 1 aromatic heterocycles. The van der Waals surface area contributed by atoms with E-state index in [4.69, 9.17) is 34.0 Å². The van der Waals surface area contributed by atoms with Gasteiger partial charge in [0.1, 0.15) is 0 Å². The average molecular weight is 375 g/mol. The summed E-state index contributed by atoms with van der Waals surface area (Å²) in [5, 5.41) is 1.55. The Balaban J connectivity index is 2.28. The first kappa shape index (κ1) is 14.8. The van der Waals surface area contributed by atoms with Crippen molar-refractivity contribution >= 4 is 56.5 Å². The molecule has 0 radical (unpaired) electrons. The number of anilines is 1. The van der Waals surface area contributed by atoms with E-state index in [-0.39, 0.29) is 10.9 Å². The molecular weight excluding hydrogens is 366 g/mol. The van der Waals surface area contributed by atoms with Crippen LogP contribution in [0.4, 0.5) is 5.69 Å². The number of carbonyl (C=O) groups excluding carboxylic acids is 1. The molecule has 2 rings (SSSR count). The van der Waals surface area contributed by atoms with Gasteiger partial charge in [0.2, 0.25) is 0 Å². The summed E-state index contributed by atoms with van der Waals surface area (Å²) >= 11 is 14.3. The Bertz CT molecular complexity index is 648. The maximum Gasteiger partial charge on any atom is 0.305 e. The minimum Gasteiger partial charge on any atom is -0.459 e. The molecule has 3 N–H and O–H groups in total. The van der Waals surface area contributed by atoms with Gasteiger partial charge < -0.3 is 10.2 Å². The van der Waals surface area contributed by atoms with Gasteiger partial charge in [-0.1, -0.05) is 27.5 Å². The van der Waals surface area contributed by atoms with Crippen molar-refractivity contribution < 1.29 is 9.21 Å². The second-order valence-corrected chi connectivity index (χ2v) is 5.43. The molecule has 5 nitrogen and oxygen atoms in total. The van der Waals surface area contributed by atoms with Gasteiger partial charge in [0.25, 0.3) is 0 Å². The fourth-order valence-electron chi connectivity index (χ4n) is 1.46. The molecule has 0 aliphatic rings. The van der Waals surface area contributed by atoms with Crippen LogP contribution in [0.5, 0.6) is 0 Å². The Hall–Kier alpha value is -1.57. The van der Waals surface area contributed by atoms with Crippen molar-refractivity contribution in [2.45, 2.75) is 0 Å². The van der Waals surface area contributed by atoms with Gasteiger partial charge >= 0.3 is 5.91 Å². The van der Waals surface area contributed by atoms with E-state index in [0.717, 1.165) is 4.47 Å². The van der Waals surface area contributed by atoms with Gasteiger partial charge in [-0.15, -0.1) is 0 Å². The molecule has 1 amide bonds. The third-order valence-corrected chi connectivity index (χ3v) is 3.31. The van der Waals surface area contributed by atoms with Crippen molar-refractivity contribution in [1.82, 2.24) is 5.43 Å². The van der Waals surface area contributed by atoms with Crippen LogP contribution in [-0.4, -0.2) is 11.0 Å². The smallest absolute Gasteiger partial charge is 0.305 e. The zero-order valence-corrected chi connectivity index (χ0v) is 13.1. The van der Waals surface area contributed by atoms with Crippen LogP contribution in [0, 0.1) is 0 Å². The molecule has 0 saturated carbocycles. The minimum absolute atomic E-state index is 0.0471. The number of hydrazine groups is 1. The van der Waals surface area contributed by atoms with Crippen LogP contribution in [0.25, 0.3) is 0 Å². The number of benzene rings is 1. The fraction of sp³-hybridized carbons (Fsp3) is 0. The highest BCUT2D eigenvalue weighted by Crippen LogP contribution is 2.28. The van der Waals surface area contributed by atoms with Crippen molar-refractivity contribution in [3.05, 3.63) is 51.9 Å². The summed E-state index contributed by atoms with van der Waals surface area (Å²) in [6.45, 7) is 0. The highest BCUT2D eigenvalue weighted by Gasteiger charge is 2.18. The first-order valence-corrected chi connectivity index (χ1v) is 6.96. The van der Waals surface area contributed by atoms with Gasteiger partial charge in [0, 0.05) is 4.47 Å². The molecule has 0 aliphatic carbocycles. The van der Waals surface area contributed by atoms with Crippen LogP contribution >= 0.6 is 39.7 Å². The van der Waals surface area contributed by atoms with Gasteiger partial charge in [-0.05, 0) is 42.5 Å². The molecule has 104 valence electrons. The molecule has 2 aromatic rings. The maximum absolute atomic E-state index is 12.0. The molecule has 0 unspecified atom stereocenters. The Morgan fingerprint density at radius 1 is 1.45 bits per heavy atom. The number of carbonyl (C=O) groups is 1. The van der Waals surface area contributed by atoms with Gasteiger partial charge in [-0.25, -0.2) is 5.01 Å². The molecule has 0 fully saturated rings. The van der Waals surface area contributed by atoms with E-state index < -0.39 is 5.91 Å². The number of amides is 1. The zero-order valence-electron chi connectivity index (χ0n) is 9.97. The molecule has 1 aromatic carbocycles. The summed E-state index contributed by atoms with van der Waals surface area (Å²) in [4.78, 5) is 12.0. The summed E-state index contributed by atoms with van der Waals surface area (Å²) in [6.07, 6.45) is 1.40. The number of nitrogens with one attached hydrogen (secondary N) is 1. The number of hydrogen-bond acceptors (Lipinski definition) is 3. The number of halogens is 2. The third kappa shape index (κ3) is 3.30. The number of rotatable bonds is 2. The number of nitrogens with two attached hydrogens (primary N) is 1. The summed E-state index contributed by atoms with van der Waals surface area (Å²) in [5.74, 6) is -0.346. The molecule has 0 spiro atoms. The first-order valence-electron chi connectivity index (χ1n) is 5.38. The topological polar surface area (TPSA) is 71.5 Å². The number of thiocarbonyl (C=S) groups is 1. The van der Waals surface area contributed by atoms with Crippen molar-refractivity contribution in [3.8, 4) is 0 Å². The molecule has 0 aliphatic heterocycles.